The minimum atomic E-state index is 0.0171. The van der Waals surface area contributed by atoms with E-state index in [4.69, 9.17) is 0 Å². The van der Waals surface area contributed by atoms with Gasteiger partial charge in [0.1, 0.15) is 5.69 Å². The molecule has 5 nitrogen and oxygen atoms in total. The molecule has 2 heterocycles. The zero-order valence-electron chi connectivity index (χ0n) is 16.8. The van der Waals surface area contributed by atoms with Gasteiger partial charge in [0.2, 0.25) is 0 Å². The van der Waals surface area contributed by atoms with Crippen molar-refractivity contribution < 1.29 is 4.79 Å². The summed E-state index contributed by atoms with van der Waals surface area (Å²) in [5.74, 6) is 0.0171. The molecular weight excluding hydrogens is 336 g/mol. The first kappa shape index (κ1) is 19.2. The fourth-order valence-electron chi connectivity index (χ4n) is 3.41. The third kappa shape index (κ3) is 4.41. The van der Waals surface area contributed by atoms with E-state index in [-0.39, 0.29) is 5.91 Å². The standard InChI is InChI=1S/C22H30N4O/c1-5-17(3)24-19-9-10-23-20(15-19)22(27)26-13-11-25(12-14-26)21-8-6-7-16(2)18(21)4/h6-10,15,17H,5,11-14H2,1-4H3,(H,23,24). The van der Waals surface area contributed by atoms with Crippen molar-refractivity contribution in [1.29, 1.82) is 0 Å². The molecule has 1 aliphatic rings. The minimum absolute atomic E-state index is 0.0171. The number of aromatic nitrogens is 1. The van der Waals surface area contributed by atoms with E-state index >= 15 is 0 Å². The van der Waals surface area contributed by atoms with Crippen molar-refractivity contribution in [3.05, 3.63) is 53.3 Å². The maximum absolute atomic E-state index is 12.9. The smallest absolute Gasteiger partial charge is 0.272 e. The summed E-state index contributed by atoms with van der Waals surface area (Å²) in [5, 5.41) is 3.41. The number of piperazine rings is 1. The summed E-state index contributed by atoms with van der Waals surface area (Å²) in [7, 11) is 0. The van der Waals surface area contributed by atoms with Crippen molar-refractivity contribution in [3.8, 4) is 0 Å². The van der Waals surface area contributed by atoms with Gasteiger partial charge in [0, 0.05) is 49.8 Å². The highest BCUT2D eigenvalue weighted by molar-refractivity contribution is 5.93. The second-order valence-corrected chi connectivity index (χ2v) is 7.38. The highest BCUT2D eigenvalue weighted by atomic mass is 16.2. The van der Waals surface area contributed by atoms with Crippen molar-refractivity contribution in [2.75, 3.05) is 36.4 Å². The summed E-state index contributed by atoms with van der Waals surface area (Å²) in [6.45, 7) is 11.7. The summed E-state index contributed by atoms with van der Waals surface area (Å²) >= 11 is 0. The highest BCUT2D eigenvalue weighted by Gasteiger charge is 2.24. The first-order valence-electron chi connectivity index (χ1n) is 9.82. The van der Waals surface area contributed by atoms with E-state index in [0.29, 0.717) is 11.7 Å². The van der Waals surface area contributed by atoms with Crippen LogP contribution in [0.5, 0.6) is 0 Å². The molecule has 1 aromatic carbocycles. The molecule has 3 rings (SSSR count). The van der Waals surface area contributed by atoms with Crippen LogP contribution >= 0.6 is 0 Å². The molecule has 2 aromatic rings. The SMILES string of the molecule is CCC(C)Nc1ccnc(C(=O)N2CCN(c3cccc(C)c3C)CC2)c1. The van der Waals surface area contributed by atoms with Gasteiger partial charge in [0.05, 0.1) is 0 Å². The Morgan fingerprint density at radius 2 is 1.93 bits per heavy atom. The molecule has 0 saturated carbocycles. The summed E-state index contributed by atoms with van der Waals surface area (Å²) < 4.78 is 0. The van der Waals surface area contributed by atoms with Crippen molar-refractivity contribution in [2.24, 2.45) is 0 Å². The lowest BCUT2D eigenvalue weighted by Crippen LogP contribution is -2.49. The molecule has 1 saturated heterocycles. The van der Waals surface area contributed by atoms with Crippen molar-refractivity contribution in [1.82, 2.24) is 9.88 Å². The quantitative estimate of drug-likeness (QED) is 0.873. The first-order valence-corrected chi connectivity index (χ1v) is 9.82. The van der Waals surface area contributed by atoms with E-state index in [1.807, 2.05) is 17.0 Å². The van der Waals surface area contributed by atoms with Crippen LogP contribution in [-0.4, -0.2) is 48.0 Å². The number of hydrogen-bond donors (Lipinski definition) is 1. The van der Waals surface area contributed by atoms with Crippen LogP contribution in [-0.2, 0) is 0 Å². The number of nitrogens with zero attached hydrogens (tertiary/aromatic N) is 3. The Morgan fingerprint density at radius 1 is 1.19 bits per heavy atom. The largest absolute Gasteiger partial charge is 0.382 e. The Bertz CT molecular complexity index is 797. The number of carbonyl (C=O) groups excluding carboxylic acids is 1. The van der Waals surface area contributed by atoms with Gasteiger partial charge in [0.15, 0.2) is 0 Å². The van der Waals surface area contributed by atoms with E-state index in [1.165, 1.54) is 16.8 Å². The molecule has 1 amide bonds. The molecule has 5 heteroatoms. The van der Waals surface area contributed by atoms with Crippen LogP contribution in [0.3, 0.4) is 0 Å². The number of hydrogen-bond acceptors (Lipinski definition) is 4. The maximum atomic E-state index is 12.9. The number of benzene rings is 1. The van der Waals surface area contributed by atoms with Gasteiger partial charge >= 0.3 is 0 Å². The van der Waals surface area contributed by atoms with Crippen LogP contribution in [0.1, 0.15) is 41.9 Å². The predicted molar refractivity (Wildman–Crippen MR) is 112 cm³/mol. The average molecular weight is 367 g/mol. The fraction of sp³-hybridized carbons (Fsp3) is 0.455. The molecule has 0 bridgehead atoms. The Morgan fingerprint density at radius 3 is 2.63 bits per heavy atom. The third-order valence-corrected chi connectivity index (χ3v) is 5.49. The number of pyridine rings is 1. The molecule has 27 heavy (non-hydrogen) atoms. The molecule has 1 N–H and O–H groups in total. The number of amides is 1. The lowest BCUT2D eigenvalue weighted by Gasteiger charge is -2.37. The number of carbonyl (C=O) groups is 1. The molecule has 0 aliphatic carbocycles. The summed E-state index contributed by atoms with van der Waals surface area (Å²) in [4.78, 5) is 21.5. The van der Waals surface area contributed by atoms with Gasteiger partial charge in [-0.15, -0.1) is 0 Å². The van der Waals surface area contributed by atoms with E-state index in [0.717, 1.165) is 38.3 Å². The maximum Gasteiger partial charge on any atom is 0.272 e. The lowest BCUT2D eigenvalue weighted by atomic mass is 10.1. The highest BCUT2D eigenvalue weighted by Crippen LogP contribution is 2.24. The molecule has 1 fully saturated rings. The van der Waals surface area contributed by atoms with Crippen LogP contribution in [0.25, 0.3) is 0 Å². The number of nitrogens with one attached hydrogen (secondary N) is 1. The van der Waals surface area contributed by atoms with Gasteiger partial charge in [-0.2, -0.15) is 0 Å². The topological polar surface area (TPSA) is 48.5 Å². The molecule has 1 aromatic heterocycles. The molecule has 1 aliphatic heterocycles. The average Bonchev–Trinajstić information content (AvgIpc) is 2.70. The predicted octanol–water partition coefficient (Wildman–Crippen LogP) is 3.87. The summed E-state index contributed by atoms with van der Waals surface area (Å²) in [6.07, 6.45) is 2.75. The van der Waals surface area contributed by atoms with Crippen LogP contribution < -0.4 is 10.2 Å². The lowest BCUT2D eigenvalue weighted by molar-refractivity contribution is 0.0741. The van der Waals surface area contributed by atoms with Crippen LogP contribution in [0, 0.1) is 13.8 Å². The normalized spacial score (nSPS) is 15.6. The van der Waals surface area contributed by atoms with Gasteiger partial charge in [-0.1, -0.05) is 19.1 Å². The van der Waals surface area contributed by atoms with Crippen molar-refractivity contribution in [2.45, 2.75) is 40.2 Å². The number of aryl methyl sites for hydroxylation is 1. The van der Waals surface area contributed by atoms with Gasteiger partial charge in [-0.25, -0.2) is 0 Å². The van der Waals surface area contributed by atoms with Gasteiger partial charge in [-0.3, -0.25) is 9.78 Å². The summed E-state index contributed by atoms with van der Waals surface area (Å²) in [6, 6.07) is 10.6. The second kappa shape index (κ2) is 8.42. The molecule has 1 unspecified atom stereocenters. The molecule has 1 atom stereocenters. The number of rotatable bonds is 5. The van der Waals surface area contributed by atoms with Crippen LogP contribution in [0.4, 0.5) is 11.4 Å². The Hall–Kier alpha value is -2.56. The second-order valence-electron chi connectivity index (χ2n) is 7.38. The van der Waals surface area contributed by atoms with E-state index in [9.17, 15) is 4.79 Å². The molecule has 144 valence electrons. The summed E-state index contributed by atoms with van der Waals surface area (Å²) in [5.41, 5.74) is 5.38. The molecular formula is C22H30N4O. The van der Waals surface area contributed by atoms with Crippen LogP contribution in [0.2, 0.25) is 0 Å². The van der Waals surface area contributed by atoms with Crippen molar-refractivity contribution in [3.63, 3.8) is 0 Å². The zero-order chi connectivity index (χ0) is 19.4. The number of anilines is 2. The van der Waals surface area contributed by atoms with E-state index < -0.39 is 0 Å². The van der Waals surface area contributed by atoms with Gasteiger partial charge in [-0.05, 0) is 56.5 Å². The Kier molecular flexibility index (Phi) is 5.99. The molecule has 0 radical (unpaired) electrons. The molecule has 0 spiro atoms. The van der Waals surface area contributed by atoms with Crippen molar-refractivity contribution >= 4 is 17.3 Å². The monoisotopic (exact) mass is 366 g/mol. The first-order chi connectivity index (χ1) is 13.0. The Balaban J connectivity index is 1.65. The zero-order valence-corrected chi connectivity index (χ0v) is 16.8. The van der Waals surface area contributed by atoms with Gasteiger partial charge in [0.25, 0.3) is 5.91 Å². The minimum Gasteiger partial charge on any atom is -0.382 e. The van der Waals surface area contributed by atoms with E-state index in [1.54, 1.807) is 6.20 Å². The Labute approximate surface area is 162 Å². The van der Waals surface area contributed by atoms with E-state index in [2.05, 4.69) is 61.1 Å². The third-order valence-electron chi connectivity index (χ3n) is 5.49. The fourth-order valence-corrected chi connectivity index (χ4v) is 3.41. The van der Waals surface area contributed by atoms with Gasteiger partial charge < -0.3 is 15.1 Å². The van der Waals surface area contributed by atoms with Crippen LogP contribution in [0.15, 0.2) is 36.5 Å².